The van der Waals surface area contributed by atoms with Crippen molar-refractivity contribution in [1.82, 2.24) is 0 Å². The summed E-state index contributed by atoms with van der Waals surface area (Å²) in [4.78, 5) is 14.7. The van der Waals surface area contributed by atoms with Gasteiger partial charge in [-0.05, 0) is 38.5 Å². The Bertz CT molecular complexity index is 345. The molecule has 0 amide bonds. The Balaban J connectivity index is 3.46. The van der Waals surface area contributed by atoms with Gasteiger partial charge in [0.2, 0.25) is 0 Å². The molecule has 0 bridgehead atoms. The minimum absolute atomic E-state index is 0.143. The molecular weight excluding hydrogens is 280 g/mol. The highest BCUT2D eigenvalue weighted by atomic mass is 17.1. The molecule has 0 saturated carbocycles. The number of aliphatic carboxylic acids is 1. The largest absolute Gasteiger partial charge is 0.481 e. The van der Waals surface area contributed by atoms with Crippen LogP contribution in [0.1, 0.15) is 64.7 Å². The fourth-order valence-corrected chi connectivity index (χ4v) is 2.02. The van der Waals surface area contributed by atoms with E-state index in [1.54, 1.807) is 0 Å². The van der Waals surface area contributed by atoms with Gasteiger partial charge in [0.05, 0.1) is 6.42 Å². The van der Waals surface area contributed by atoms with E-state index in [0.29, 0.717) is 6.42 Å². The van der Waals surface area contributed by atoms with Crippen LogP contribution in [0.2, 0.25) is 0 Å². The Hall–Kier alpha value is -1.39. The molecule has 0 radical (unpaired) electrons. The Morgan fingerprint density at radius 1 is 1.00 bits per heavy atom. The molecule has 1 unspecified atom stereocenters. The number of hydrogen-bond acceptors (Lipinski definition) is 3. The van der Waals surface area contributed by atoms with E-state index in [0.717, 1.165) is 44.9 Å². The quantitative estimate of drug-likeness (QED) is 0.202. The van der Waals surface area contributed by atoms with Gasteiger partial charge in [0.25, 0.3) is 0 Å². The van der Waals surface area contributed by atoms with Gasteiger partial charge in [-0.2, -0.15) is 0 Å². The van der Waals surface area contributed by atoms with Crippen LogP contribution in [-0.2, 0) is 9.68 Å². The Kier molecular flexibility index (Phi) is 15.0. The van der Waals surface area contributed by atoms with Crippen LogP contribution < -0.4 is 0 Å². The third kappa shape index (κ3) is 15.0. The number of allylic oxidation sites excluding steroid dienone is 6. The van der Waals surface area contributed by atoms with Crippen LogP contribution in [0.15, 0.2) is 36.5 Å². The summed E-state index contributed by atoms with van der Waals surface area (Å²) in [6, 6.07) is 0. The van der Waals surface area contributed by atoms with Crippen LogP contribution in [0, 0.1) is 0 Å². The highest BCUT2D eigenvalue weighted by Gasteiger charge is 2.12. The lowest BCUT2D eigenvalue weighted by Gasteiger charge is -2.09. The SMILES string of the molecule is CCC=CCC=CCC=CCCCCCC(CC(=O)O)OO. The van der Waals surface area contributed by atoms with Crippen LogP contribution in [0.4, 0.5) is 0 Å². The summed E-state index contributed by atoms with van der Waals surface area (Å²) in [6.45, 7) is 2.13. The van der Waals surface area contributed by atoms with E-state index in [4.69, 9.17) is 10.4 Å². The molecule has 2 N–H and O–H groups in total. The fraction of sp³-hybridized carbons (Fsp3) is 0.611. The molecule has 0 aliphatic carbocycles. The number of hydrogen-bond donors (Lipinski definition) is 2. The summed E-state index contributed by atoms with van der Waals surface area (Å²) in [6.07, 6.45) is 20.0. The van der Waals surface area contributed by atoms with Crippen LogP contribution in [0.25, 0.3) is 0 Å². The van der Waals surface area contributed by atoms with Crippen molar-refractivity contribution in [1.29, 1.82) is 0 Å². The zero-order chi connectivity index (χ0) is 16.5. The van der Waals surface area contributed by atoms with E-state index in [-0.39, 0.29) is 6.42 Å². The summed E-state index contributed by atoms with van der Waals surface area (Å²) in [5.41, 5.74) is 0. The second-order valence-corrected chi connectivity index (χ2v) is 5.26. The maximum Gasteiger partial charge on any atom is 0.306 e. The smallest absolute Gasteiger partial charge is 0.306 e. The molecule has 0 aliphatic heterocycles. The van der Waals surface area contributed by atoms with E-state index < -0.39 is 12.1 Å². The number of rotatable bonds is 14. The summed E-state index contributed by atoms with van der Waals surface area (Å²) in [5.74, 6) is -0.944. The summed E-state index contributed by atoms with van der Waals surface area (Å²) < 4.78 is 0. The maximum atomic E-state index is 10.5. The molecule has 0 aromatic rings. The lowest BCUT2D eigenvalue weighted by atomic mass is 10.1. The van der Waals surface area contributed by atoms with Crippen LogP contribution in [0.3, 0.4) is 0 Å². The van der Waals surface area contributed by atoms with Gasteiger partial charge >= 0.3 is 5.97 Å². The van der Waals surface area contributed by atoms with Gasteiger partial charge in [0, 0.05) is 0 Å². The van der Waals surface area contributed by atoms with Crippen molar-refractivity contribution in [3.05, 3.63) is 36.5 Å². The second kappa shape index (κ2) is 16.0. The molecule has 0 fully saturated rings. The number of carboxylic acids is 1. The van der Waals surface area contributed by atoms with E-state index in [1.807, 2.05) is 0 Å². The highest BCUT2D eigenvalue weighted by Crippen LogP contribution is 2.11. The zero-order valence-electron chi connectivity index (χ0n) is 13.6. The molecule has 0 spiro atoms. The first kappa shape index (κ1) is 20.6. The van der Waals surface area contributed by atoms with Crippen molar-refractivity contribution in [2.45, 2.75) is 70.8 Å². The average molecular weight is 310 g/mol. The molecule has 22 heavy (non-hydrogen) atoms. The van der Waals surface area contributed by atoms with Crippen molar-refractivity contribution in [3.8, 4) is 0 Å². The van der Waals surface area contributed by atoms with Crippen LogP contribution >= 0.6 is 0 Å². The van der Waals surface area contributed by atoms with Crippen molar-refractivity contribution >= 4 is 5.97 Å². The lowest BCUT2D eigenvalue weighted by Crippen LogP contribution is -2.15. The predicted molar refractivity (Wildman–Crippen MR) is 89.8 cm³/mol. The molecule has 0 aliphatic rings. The molecule has 0 aromatic carbocycles. The molecule has 1 atom stereocenters. The molecule has 126 valence electrons. The van der Waals surface area contributed by atoms with Crippen molar-refractivity contribution in [2.75, 3.05) is 0 Å². The van der Waals surface area contributed by atoms with Gasteiger partial charge in [-0.25, -0.2) is 4.89 Å². The standard InChI is InChI=1S/C18H30O4/c1-2-3-4-5-6-7-8-9-10-11-12-13-14-15-17(22-21)16-18(19)20/h3-4,6-7,9-10,17,21H,2,5,8,11-16H2,1H3,(H,19,20). The zero-order valence-corrected chi connectivity index (χ0v) is 13.6. The Labute approximate surface area is 134 Å². The summed E-state index contributed by atoms with van der Waals surface area (Å²) in [7, 11) is 0. The third-order valence-corrected chi connectivity index (χ3v) is 3.23. The van der Waals surface area contributed by atoms with E-state index >= 15 is 0 Å². The van der Waals surface area contributed by atoms with Gasteiger partial charge in [0.15, 0.2) is 0 Å². The van der Waals surface area contributed by atoms with E-state index in [2.05, 4.69) is 48.3 Å². The third-order valence-electron chi connectivity index (χ3n) is 3.23. The Morgan fingerprint density at radius 2 is 1.64 bits per heavy atom. The van der Waals surface area contributed by atoms with Gasteiger partial charge in [-0.15, -0.1) is 0 Å². The minimum Gasteiger partial charge on any atom is -0.481 e. The Morgan fingerprint density at radius 3 is 2.23 bits per heavy atom. The molecule has 4 nitrogen and oxygen atoms in total. The topological polar surface area (TPSA) is 66.8 Å². The van der Waals surface area contributed by atoms with Gasteiger partial charge < -0.3 is 5.11 Å². The molecule has 0 heterocycles. The average Bonchev–Trinajstić information content (AvgIpc) is 2.50. The first-order valence-corrected chi connectivity index (χ1v) is 8.17. The van der Waals surface area contributed by atoms with Crippen LogP contribution in [0.5, 0.6) is 0 Å². The fourth-order valence-electron chi connectivity index (χ4n) is 2.02. The predicted octanol–water partition coefficient (Wildman–Crippen LogP) is 5.13. The van der Waals surface area contributed by atoms with Gasteiger partial charge in [-0.3, -0.25) is 10.1 Å². The molecular formula is C18H30O4. The summed E-state index contributed by atoms with van der Waals surface area (Å²) >= 11 is 0. The van der Waals surface area contributed by atoms with Crippen molar-refractivity contribution < 1.29 is 20.0 Å². The number of unbranched alkanes of at least 4 members (excludes halogenated alkanes) is 3. The van der Waals surface area contributed by atoms with Crippen molar-refractivity contribution in [3.63, 3.8) is 0 Å². The first-order valence-electron chi connectivity index (χ1n) is 8.17. The molecule has 0 saturated heterocycles. The van der Waals surface area contributed by atoms with E-state index in [9.17, 15) is 4.79 Å². The normalized spacial score (nSPS) is 13.5. The minimum atomic E-state index is -0.944. The number of carboxylic acid groups (broad SMARTS) is 1. The van der Waals surface area contributed by atoms with Crippen molar-refractivity contribution in [2.24, 2.45) is 0 Å². The van der Waals surface area contributed by atoms with Crippen LogP contribution in [-0.4, -0.2) is 22.4 Å². The van der Waals surface area contributed by atoms with Gasteiger partial charge in [0.1, 0.15) is 6.10 Å². The second-order valence-electron chi connectivity index (χ2n) is 5.26. The molecule has 0 rings (SSSR count). The van der Waals surface area contributed by atoms with Gasteiger partial charge in [-0.1, -0.05) is 56.2 Å². The molecule has 0 aromatic heterocycles. The highest BCUT2D eigenvalue weighted by molar-refractivity contribution is 5.67. The monoisotopic (exact) mass is 310 g/mol. The molecule has 4 heteroatoms. The maximum absolute atomic E-state index is 10.5. The lowest BCUT2D eigenvalue weighted by molar-refractivity contribution is -0.280. The number of carbonyl (C=O) groups is 1. The first-order chi connectivity index (χ1) is 10.7. The van der Waals surface area contributed by atoms with E-state index in [1.165, 1.54) is 0 Å². The summed E-state index contributed by atoms with van der Waals surface area (Å²) in [5, 5.41) is 17.2.